The van der Waals surface area contributed by atoms with E-state index >= 15 is 0 Å². The van der Waals surface area contributed by atoms with E-state index in [2.05, 4.69) is 133 Å². The second-order valence-corrected chi connectivity index (χ2v) is 20.4. The predicted molar refractivity (Wildman–Crippen MR) is 234 cm³/mol. The summed E-state index contributed by atoms with van der Waals surface area (Å²) in [6.45, 7) is 31.5. The lowest BCUT2D eigenvalue weighted by Crippen LogP contribution is -2.41. The van der Waals surface area contributed by atoms with E-state index in [9.17, 15) is 0 Å². The summed E-state index contributed by atoms with van der Waals surface area (Å²) in [7, 11) is -0.869. The Morgan fingerprint density at radius 3 is 1.07 bits per heavy atom. The van der Waals surface area contributed by atoms with Crippen molar-refractivity contribution in [2.45, 2.75) is 184 Å². The summed E-state index contributed by atoms with van der Waals surface area (Å²) < 4.78 is 27.3. The summed E-state index contributed by atoms with van der Waals surface area (Å²) in [6.07, 6.45) is 12.2. The molecule has 2 aliphatic heterocycles. The third-order valence-corrected chi connectivity index (χ3v) is 13.9. The van der Waals surface area contributed by atoms with E-state index in [4.69, 9.17) is 18.6 Å². The van der Waals surface area contributed by atoms with Crippen LogP contribution in [0.15, 0.2) is 36.4 Å². The van der Waals surface area contributed by atoms with E-state index in [0.717, 1.165) is 35.6 Å². The van der Waals surface area contributed by atoms with Gasteiger partial charge in [-0.2, -0.15) is 0 Å². The first-order chi connectivity index (χ1) is 25.2. The van der Waals surface area contributed by atoms with Crippen molar-refractivity contribution in [1.82, 2.24) is 0 Å². The van der Waals surface area contributed by atoms with Gasteiger partial charge in [-0.15, -0.1) is 0 Å². The Morgan fingerprint density at radius 1 is 0.444 bits per heavy atom. The van der Waals surface area contributed by atoms with E-state index in [1.54, 1.807) is 0 Å². The van der Waals surface area contributed by atoms with Gasteiger partial charge in [0.05, 0.1) is 22.4 Å². The molecule has 4 nitrogen and oxygen atoms in total. The molecule has 0 N–H and O–H groups in total. The highest BCUT2D eigenvalue weighted by Crippen LogP contribution is 2.43. The molecule has 0 saturated carbocycles. The van der Waals surface area contributed by atoms with Crippen LogP contribution in [0.1, 0.15) is 159 Å². The summed E-state index contributed by atoms with van der Waals surface area (Å²) in [5.41, 5.74) is 3.42. The van der Waals surface area contributed by atoms with Crippen LogP contribution in [-0.2, 0) is 31.5 Å². The van der Waals surface area contributed by atoms with Crippen LogP contribution in [0.25, 0.3) is 32.3 Å². The maximum absolute atomic E-state index is 6.82. The highest BCUT2D eigenvalue weighted by Gasteiger charge is 2.53. The van der Waals surface area contributed by atoms with Crippen LogP contribution in [0.2, 0.25) is 0 Å². The standard InChI is InChI=1S/C48H72B2O4/c1-31(2)17-15-19-33(5)21-23-35-29-41(49-51-45(7,8)46(9,10)52-49)39-28-26-38-36(24-22-34(6)20-16-18-32(3)4)30-42(40-27-25-37(35)43(39)44(38)40)50-53-47(11,12)48(13,14)54-50/h25-34H,15-24H2,1-14H3. The highest BCUT2D eigenvalue weighted by molar-refractivity contribution is 6.67. The molecule has 2 heterocycles. The van der Waals surface area contributed by atoms with Gasteiger partial charge in [0.25, 0.3) is 0 Å². The molecular weight excluding hydrogens is 662 g/mol. The lowest BCUT2D eigenvalue weighted by molar-refractivity contribution is 0.00578. The Kier molecular flexibility index (Phi) is 12.1. The van der Waals surface area contributed by atoms with Crippen molar-refractivity contribution in [2.75, 3.05) is 0 Å². The molecule has 2 atom stereocenters. The minimum Gasteiger partial charge on any atom is -0.399 e. The van der Waals surface area contributed by atoms with Gasteiger partial charge < -0.3 is 18.6 Å². The van der Waals surface area contributed by atoms with E-state index in [1.165, 1.54) is 94.8 Å². The Hall–Kier alpha value is -2.11. The quantitative estimate of drug-likeness (QED) is 0.0848. The van der Waals surface area contributed by atoms with E-state index in [-0.39, 0.29) is 0 Å². The zero-order valence-corrected chi connectivity index (χ0v) is 36.6. The number of rotatable bonds is 16. The van der Waals surface area contributed by atoms with Gasteiger partial charge in [-0.3, -0.25) is 0 Å². The number of hydrogen-bond donors (Lipinski definition) is 0. The fourth-order valence-electron chi connectivity index (χ4n) is 8.78. The van der Waals surface area contributed by atoms with Gasteiger partial charge in [-0.25, -0.2) is 0 Å². The minimum atomic E-state index is -0.435. The van der Waals surface area contributed by atoms with Crippen LogP contribution in [-0.4, -0.2) is 36.6 Å². The summed E-state index contributed by atoms with van der Waals surface area (Å²) in [5, 5.41) is 7.85. The van der Waals surface area contributed by atoms with E-state index in [1.807, 2.05) is 0 Å². The molecule has 0 amide bonds. The molecule has 0 spiro atoms. The van der Waals surface area contributed by atoms with Crippen molar-refractivity contribution in [2.24, 2.45) is 23.7 Å². The van der Waals surface area contributed by atoms with Gasteiger partial charge in [-0.1, -0.05) is 116 Å². The van der Waals surface area contributed by atoms with Crippen molar-refractivity contribution in [3.8, 4) is 0 Å². The third-order valence-electron chi connectivity index (χ3n) is 13.9. The zero-order chi connectivity index (χ0) is 39.4. The van der Waals surface area contributed by atoms with Crippen LogP contribution < -0.4 is 10.9 Å². The minimum absolute atomic E-state index is 0.421. The summed E-state index contributed by atoms with van der Waals surface area (Å²) in [6, 6.07) is 14.4. The Balaban J connectivity index is 1.51. The van der Waals surface area contributed by atoms with Crippen molar-refractivity contribution in [3.63, 3.8) is 0 Å². The van der Waals surface area contributed by atoms with Gasteiger partial charge in [-0.05, 0) is 159 Å². The predicted octanol–water partition coefficient (Wildman–Crippen LogP) is 12.0. The van der Waals surface area contributed by atoms with Gasteiger partial charge in [0, 0.05) is 0 Å². The second kappa shape index (κ2) is 15.7. The monoisotopic (exact) mass is 735 g/mol. The normalized spacial score (nSPS) is 20.4. The topological polar surface area (TPSA) is 36.9 Å². The molecule has 2 saturated heterocycles. The lowest BCUT2D eigenvalue weighted by atomic mass is 9.70. The Bertz CT molecular complexity index is 1740. The Morgan fingerprint density at radius 2 is 0.759 bits per heavy atom. The average molecular weight is 735 g/mol. The first-order valence-electron chi connectivity index (χ1n) is 21.7. The highest BCUT2D eigenvalue weighted by atomic mass is 16.7. The van der Waals surface area contributed by atoms with Gasteiger partial charge in [0.1, 0.15) is 0 Å². The molecule has 0 bridgehead atoms. The zero-order valence-electron chi connectivity index (χ0n) is 36.6. The number of hydrogen-bond acceptors (Lipinski definition) is 4. The maximum atomic E-state index is 6.82. The van der Waals surface area contributed by atoms with E-state index in [0.29, 0.717) is 11.8 Å². The maximum Gasteiger partial charge on any atom is 0.495 e. The molecule has 6 heteroatoms. The largest absolute Gasteiger partial charge is 0.495 e. The number of benzene rings is 4. The fourth-order valence-corrected chi connectivity index (χ4v) is 8.78. The lowest BCUT2D eigenvalue weighted by Gasteiger charge is -2.32. The van der Waals surface area contributed by atoms with Gasteiger partial charge in [0.15, 0.2) is 0 Å². The average Bonchev–Trinajstić information content (AvgIpc) is 3.43. The third kappa shape index (κ3) is 8.30. The van der Waals surface area contributed by atoms with Crippen molar-refractivity contribution >= 4 is 57.5 Å². The Labute approximate surface area is 329 Å². The molecule has 6 rings (SSSR count). The molecule has 4 aromatic rings. The molecule has 2 unspecified atom stereocenters. The van der Waals surface area contributed by atoms with Crippen LogP contribution in [0, 0.1) is 23.7 Å². The molecule has 54 heavy (non-hydrogen) atoms. The summed E-state index contributed by atoms with van der Waals surface area (Å²) in [5.74, 6) is 2.87. The molecule has 2 aliphatic rings. The number of aryl methyl sites for hydroxylation is 2. The summed E-state index contributed by atoms with van der Waals surface area (Å²) in [4.78, 5) is 0. The first-order valence-corrected chi connectivity index (χ1v) is 21.7. The van der Waals surface area contributed by atoms with E-state index < -0.39 is 36.6 Å². The summed E-state index contributed by atoms with van der Waals surface area (Å²) >= 11 is 0. The van der Waals surface area contributed by atoms with Gasteiger partial charge in [0.2, 0.25) is 0 Å². The molecule has 4 aromatic carbocycles. The van der Waals surface area contributed by atoms with Crippen molar-refractivity contribution in [1.29, 1.82) is 0 Å². The molecular formula is C48H72B2O4. The van der Waals surface area contributed by atoms with Crippen molar-refractivity contribution in [3.05, 3.63) is 47.5 Å². The van der Waals surface area contributed by atoms with Crippen LogP contribution in [0.5, 0.6) is 0 Å². The second-order valence-electron chi connectivity index (χ2n) is 20.4. The van der Waals surface area contributed by atoms with Crippen LogP contribution in [0.4, 0.5) is 0 Å². The van der Waals surface area contributed by atoms with Crippen LogP contribution >= 0.6 is 0 Å². The SMILES string of the molecule is CC(C)CCCC(C)CCc1cc(B2OC(C)(C)C(C)(C)O2)c2ccc3c(CCC(C)CCCC(C)C)cc(B4OC(C)(C)C(C)(C)O4)c4ccc1c2c34. The molecule has 0 aliphatic carbocycles. The molecule has 2 fully saturated rings. The van der Waals surface area contributed by atoms with Gasteiger partial charge >= 0.3 is 14.2 Å². The first kappa shape index (κ1) is 41.5. The van der Waals surface area contributed by atoms with Crippen molar-refractivity contribution < 1.29 is 18.6 Å². The molecule has 294 valence electrons. The fraction of sp³-hybridized carbons (Fsp3) is 0.667. The smallest absolute Gasteiger partial charge is 0.399 e. The van der Waals surface area contributed by atoms with Crippen LogP contribution in [0.3, 0.4) is 0 Å². The molecule has 0 radical (unpaired) electrons. The molecule has 0 aromatic heterocycles.